The van der Waals surface area contributed by atoms with E-state index in [0.29, 0.717) is 56.3 Å². The summed E-state index contributed by atoms with van der Waals surface area (Å²) in [5.41, 5.74) is 0.741. The molecule has 0 radical (unpaired) electrons. The molecular weight excluding hydrogens is 433 g/mol. The molecule has 3 aromatic rings. The molecule has 1 aliphatic rings. The lowest BCUT2D eigenvalue weighted by Gasteiger charge is -2.23. The van der Waals surface area contributed by atoms with Crippen molar-refractivity contribution in [3.63, 3.8) is 0 Å². The molecule has 0 bridgehead atoms. The summed E-state index contributed by atoms with van der Waals surface area (Å²) in [4.78, 5) is 24.6. The number of hydrogen-bond acceptors (Lipinski definition) is 5. The van der Waals surface area contributed by atoms with Crippen LogP contribution in [0.15, 0.2) is 67.1 Å². The molecule has 172 valence electrons. The normalized spacial score (nSPS) is 14.6. The highest BCUT2D eigenvalue weighted by Crippen LogP contribution is 2.29. The smallest absolute Gasteiger partial charge is 0.417 e. The van der Waals surface area contributed by atoms with Crippen LogP contribution < -0.4 is 9.64 Å². The number of amides is 1. The zero-order chi connectivity index (χ0) is 23.3. The fourth-order valence-electron chi connectivity index (χ4n) is 3.62. The van der Waals surface area contributed by atoms with E-state index in [1.807, 2.05) is 17.0 Å². The molecule has 1 saturated heterocycles. The lowest BCUT2D eigenvalue weighted by molar-refractivity contribution is -0.137. The van der Waals surface area contributed by atoms with Crippen LogP contribution in [0.3, 0.4) is 0 Å². The Morgan fingerprint density at radius 1 is 0.970 bits per heavy atom. The summed E-state index contributed by atoms with van der Waals surface area (Å²) in [6.45, 7) is 2.52. The maximum Gasteiger partial charge on any atom is 0.417 e. The van der Waals surface area contributed by atoms with E-state index in [4.69, 9.17) is 4.74 Å². The fourth-order valence-corrected chi connectivity index (χ4v) is 3.62. The Kier molecular flexibility index (Phi) is 6.76. The van der Waals surface area contributed by atoms with Crippen molar-refractivity contribution in [3.05, 3.63) is 83.8 Å². The lowest BCUT2D eigenvalue weighted by Crippen LogP contribution is -2.35. The second-order valence-corrected chi connectivity index (χ2v) is 7.71. The van der Waals surface area contributed by atoms with Gasteiger partial charge in [0, 0.05) is 55.9 Å². The molecule has 33 heavy (non-hydrogen) atoms. The summed E-state index contributed by atoms with van der Waals surface area (Å²) < 4.78 is 44.0. The van der Waals surface area contributed by atoms with Crippen molar-refractivity contribution in [2.45, 2.75) is 19.2 Å². The van der Waals surface area contributed by atoms with E-state index < -0.39 is 11.7 Å². The summed E-state index contributed by atoms with van der Waals surface area (Å²) >= 11 is 0. The number of hydrogen-bond donors (Lipinski definition) is 0. The van der Waals surface area contributed by atoms with Crippen LogP contribution >= 0.6 is 0 Å². The first-order chi connectivity index (χ1) is 15.9. The van der Waals surface area contributed by atoms with Crippen molar-refractivity contribution in [3.8, 4) is 5.75 Å². The third-order valence-corrected chi connectivity index (χ3v) is 5.41. The largest absolute Gasteiger partial charge is 0.489 e. The fraction of sp³-hybridized carbons (Fsp3) is 0.292. The van der Waals surface area contributed by atoms with Crippen LogP contribution in [0.5, 0.6) is 5.75 Å². The maximum atomic E-state index is 13.0. The van der Waals surface area contributed by atoms with Gasteiger partial charge in [-0.05, 0) is 48.9 Å². The average molecular weight is 456 g/mol. The van der Waals surface area contributed by atoms with Gasteiger partial charge in [0.05, 0.1) is 5.56 Å². The standard InChI is InChI=1S/C24H23F3N4O2/c25-24(26,27)20-6-9-22(29-16-20)30-11-2-12-31(14-13-30)23(32)19-4-7-21(8-5-19)33-17-18-3-1-10-28-15-18/h1,3-10,15-16H,2,11-14,17H2. The van der Waals surface area contributed by atoms with Gasteiger partial charge in [0.2, 0.25) is 0 Å². The quantitative estimate of drug-likeness (QED) is 0.569. The van der Waals surface area contributed by atoms with Crippen molar-refractivity contribution in [1.29, 1.82) is 0 Å². The van der Waals surface area contributed by atoms with Gasteiger partial charge in [0.1, 0.15) is 18.2 Å². The number of carbonyl (C=O) groups excluding carboxylic acids is 1. The second-order valence-electron chi connectivity index (χ2n) is 7.71. The van der Waals surface area contributed by atoms with Crippen molar-refractivity contribution in [2.75, 3.05) is 31.1 Å². The predicted octanol–water partition coefficient (Wildman–Crippen LogP) is 4.43. The minimum atomic E-state index is -4.41. The maximum absolute atomic E-state index is 13.0. The number of nitrogens with zero attached hydrogens (tertiary/aromatic N) is 4. The molecule has 1 amide bonds. The van der Waals surface area contributed by atoms with Gasteiger partial charge in [0.15, 0.2) is 0 Å². The molecule has 4 rings (SSSR count). The number of alkyl halides is 3. The van der Waals surface area contributed by atoms with Crippen molar-refractivity contribution in [1.82, 2.24) is 14.9 Å². The Hall–Kier alpha value is -3.62. The monoisotopic (exact) mass is 456 g/mol. The Balaban J connectivity index is 1.33. The first kappa shape index (κ1) is 22.6. The van der Waals surface area contributed by atoms with Gasteiger partial charge >= 0.3 is 6.18 Å². The minimum Gasteiger partial charge on any atom is -0.489 e. The van der Waals surface area contributed by atoms with E-state index >= 15 is 0 Å². The first-order valence-corrected chi connectivity index (χ1v) is 10.6. The number of benzene rings is 1. The molecule has 0 aliphatic carbocycles. The second kappa shape index (κ2) is 9.89. The number of ether oxygens (including phenoxy) is 1. The van der Waals surface area contributed by atoms with Crippen LogP contribution in [0.1, 0.15) is 27.9 Å². The third-order valence-electron chi connectivity index (χ3n) is 5.41. The van der Waals surface area contributed by atoms with Gasteiger partial charge in [-0.2, -0.15) is 13.2 Å². The summed E-state index contributed by atoms with van der Waals surface area (Å²) in [5, 5.41) is 0. The number of pyridine rings is 2. The van der Waals surface area contributed by atoms with Crippen LogP contribution in [0, 0.1) is 0 Å². The number of anilines is 1. The van der Waals surface area contributed by atoms with Crippen LogP contribution in [0.2, 0.25) is 0 Å². The van der Waals surface area contributed by atoms with Gasteiger partial charge < -0.3 is 14.5 Å². The topological polar surface area (TPSA) is 58.6 Å². The SMILES string of the molecule is O=C(c1ccc(OCc2cccnc2)cc1)N1CCCN(c2ccc(C(F)(F)F)cn2)CC1. The van der Waals surface area contributed by atoms with Crippen molar-refractivity contribution in [2.24, 2.45) is 0 Å². The third kappa shape index (κ3) is 5.79. The number of halogens is 3. The summed E-state index contributed by atoms with van der Waals surface area (Å²) in [7, 11) is 0. The van der Waals surface area contributed by atoms with E-state index in [1.165, 1.54) is 6.07 Å². The van der Waals surface area contributed by atoms with Crippen LogP contribution in [-0.2, 0) is 12.8 Å². The van der Waals surface area contributed by atoms with Crippen LogP contribution in [-0.4, -0.2) is 47.0 Å². The van der Waals surface area contributed by atoms with E-state index in [-0.39, 0.29) is 5.91 Å². The summed E-state index contributed by atoms with van der Waals surface area (Å²) in [6.07, 6.45) is 0.571. The Bertz CT molecular complexity index is 1060. The molecule has 6 nitrogen and oxygen atoms in total. The van der Waals surface area contributed by atoms with Gasteiger partial charge in [0.25, 0.3) is 5.91 Å². The molecular formula is C24H23F3N4O2. The Morgan fingerprint density at radius 3 is 2.45 bits per heavy atom. The van der Waals surface area contributed by atoms with E-state index in [9.17, 15) is 18.0 Å². The summed E-state index contributed by atoms with van der Waals surface area (Å²) in [6, 6.07) is 13.2. The molecule has 2 aromatic heterocycles. The molecule has 0 unspecified atom stereocenters. The highest BCUT2D eigenvalue weighted by atomic mass is 19.4. The molecule has 9 heteroatoms. The van der Waals surface area contributed by atoms with E-state index in [1.54, 1.807) is 41.6 Å². The highest BCUT2D eigenvalue weighted by Gasteiger charge is 2.31. The zero-order valence-electron chi connectivity index (χ0n) is 17.8. The first-order valence-electron chi connectivity index (χ1n) is 10.6. The van der Waals surface area contributed by atoms with Gasteiger partial charge in [-0.1, -0.05) is 6.07 Å². The molecule has 1 fully saturated rings. The molecule has 0 atom stereocenters. The van der Waals surface area contributed by atoms with Crippen LogP contribution in [0.25, 0.3) is 0 Å². The molecule has 1 aromatic carbocycles. The molecule has 0 N–H and O–H groups in total. The molecule has 0 spiro atoms. The summed E-state index contributed by atoms with van der Waals surface area (Å²) in [5.74, 6) is 1.05. The van der Waals surface area contributed by atoms with Gasteiger partial charge in [-0.25, -0.2) is 4.98 Å². The van der Waals surface area contributed by atoms with E-state index in [0.717, 1.165) is 17.8 Å². The van der Waals surface area contributed by atoms with Crippen molar-refractivity contribution >= 4 is 11.7 Å². The zero-order valence-corrected chi connectivity index (χ0v) is 17.8. The minimum absolute atomic E-state index is 0.0870. The lowest BCUT2D eigenvalue weighted by atomic mass is 10.2. The number of carbonyl (C=O) groups is 1. The molecule has 1 aliphatic heterocycles. The van der Waals surface area contributed by atoms with Crippen molar-refractivity contribution < 1.29 is 22.7 Å². The average Bonchev–Trinajstić information content (AvgIpc) is 3.09. The van der Waals surface area contributed by atoms with Gasteiger partial charge in [-0.15, -0.1) is 0 Å². The highest BCUT2D eigenvalue weighted by molar-refractivity contribution is 5.94. The van der Waals surface area contributed by atoms with E-state index in [2.05, 4.69) is 9.97 Å². The Morgan fingerprint density at radius 2 is 1.79 bits per heavy atom. The van der Waals surface area contributed by atoms with Gasteiger partial charge in [-0.3, -0.25) is 9.78 Å². The predicted molar refractivity (Wildman–Crippen MR) is 117 cm³/mol. The molecule has 3 heterocycles. The number of aromatic nitrogens is 2. The molecule has 0 saturated carbocycles. The number of rotatable bonds is 5. The Labute approximate surface area is 189 Å². The van der Waals surface area contributed by atoms with Crippen LogP contribution in [0.4, 0.5) is 19.0 Å².